The van der Waals surface area contributed by atoms with Gasteiger partial charge in [0.15, 0.2) is 0 Å². The Balaban J connectivity index is 2.43. The minimum Gasteiger partial charge on any atom is -0.481 e. The fourth-order valence-corrected chi connectivity index (χ4v) is 1.55. The summed E-state index contributed by atoms with van der Waals surface area (Å²) in [6.45, 7) is 0.667. The van der Waals surface area contributed by atoms with E-state index in [9.17, 15) is 9.59 Å². The molecule has 0 aliphatic carbocycles. The SMILES string of the molecule is COCc1cccc(CC(=O)NCCC(=O)O)c1. The predicted octanol–water partition coefficient (Wildman–Crippen LogP) is 0.966. The summed E-state index contributed by atoms with van der Waals surface area (Å²) in [5.74, 6) is -1.09. The Bertz CT molecular complexity index is 417. The quantitative estimate of drug-likeness (QED) is 0.757. The lowest BCUT2D eigenvalue weighted by Gasteiger charge is -2.05. The Morgan fingerprint density at radius 2 is 2.06 bits per heavy atom. The van der Waals surface area contributed by atoms with E-state index in [4.69, 9.17) is 9.84 Å². The van der Waals surface area contributed by atoms with Gasteiger partial charge in [0.05, 0.1) is 19.4 Å². The first-order valence-electron chi connectivity index (χ1n) is 5.67. The maximum atomic E-state index is 11.5. The molecule has 0 saturated heterocycles. The van der Waals surface area contributed by atoms with Crippen molar-refractivity contribution < 1.29 is 19.4 Å². The molecule has 0 radical (unpaired) electrons. The molecular weight excluding hydrogens is 234 g/mol. The van der Waals surface area contributed by atoms with Crippen LogP contribution in [0.5, 0.6) is 0 Å². The van der Waals surface area contributed by atoms with Crippen molar-refractivity contribution in [2.45, 2.75) is 19.4 Å². The first kappa shape index (κ1) is 14.2. The molecule has 1 rings (SSSR count). The van der Waals surface area contributed by atoms with Crippen molar-refractivity contribution in [3.8, 4) is 0 Å². The Morgan fingerprint density at radius 1 is 1.33 bits per heavy atom. The molecule has 0 heterocycles. The minimum atomic E-state index is -0.919. The number of aliphatic carboxylic acids is 1. The highest BCUT2D eigenvalue weighted by atomic mass is 16.5. The number of ether oxygens (including phenoxy) is 1. The Morgan fingerprint density at radius 3 is 2.72 bits per heavy atom. The number of hydrogen-bond acceptors (Lipinski definition) is 3. The van der Waals surface area contributed by atoms with Crippen molar-refractivity contribution in [1.82, 2.24) is 5.32 Å². The number of benzene rings is 1. The largest absolute Gasteiger partial charge is 0.481 e. The van der Waals surface area contributed by atoms with E-state index in [1.54, 1.807) is 7.11 Å². The van der Waals surface area contributed by atoms with Crippen LogP contribution in [0.2, 0.25) is 0 Å². The van der Waals surface area contributed by atoms with Crippen LogP contribution in [0.15, 0.2) is 24.3 Å². The van der Waals surface area contributed by atoms with Gasteiger partial charge in [-0.05, 0) is 11.1 Å². The lowest BCUT2D eigenvalue weighted by atomic mass is 10.1. The highest BCUT2D eigenvalue weighted by molar-refractivity contribution is 5.79. The molecule has 0 aromatic heterocycles. The number of carboxylic acid groups (broad SMARTS) is 1. The molecule has 1 amide bonds. The molecule has 0 aliphatic heterocycles. The average Bonchev–Trinajstić information content (AvgIpc) is 2.29. The fraction of sp³-hybridized carbons (Fsp3) is 0.385. The summed E-state index contributed by atoms with van der Waals surface area (Å²) in [6, 6.07) is 7.56. The highest BCUT2D eigenvalue weighted by Crippen LogP contribution is 2.07. The number of carbonyl (C=O) groups is 2. The van der Waals surface area contributed by atoms with Gasteiger partial charge in [0.1, 0.15) is 0 Å². The van der Waals surface area contributed by atoms with Gasteiger partial charge in [-0.15, -0.1) is 0 Å². The number of nitrogens with one attached hydrogen (secondary N) is 1. The van der Waals surface area contributed by atoms with Crippen molar-refractivity contribution in [1.29, 1.82) is 0 Å². The van der Waals surface area contributed by atoms with Gasteiger partial charge in [-0.1, -0.05) is 24.3 Å². The number of amides is 1. The summed E-state index contributed by atoms with van der Waals surface area (Å²) < 4.78 is 5.01. The van der Waals surface area contributed by atoms with Crippen LogP contribution in [0.3, 0.4) is 0 Å². The number of carboxylic acids is 1. The Hall–Kier alpha value is -1.88. The standard InChI is InChI=1S/C13H17NO4/c1-18-9-11-4-2-3-10(7-11)8-12(15)14-6-5-13(16)17/h2-4,7H,5-6,8-9H2,1H3,(H,14,15)(H,16,17). The van der Waals surface area contributed by atoms with Crippen LogP contribution in [0.25, 0.3) is 0 Å². The third kappa shape index (κ3) is 5.45. The summed E-state index contributed by atoms with van der Waals surface area (Å²) in [4.78, 5) is 21.8. The molecule has 5 nitrogen and oxygen atoms in total. The van der Waals surface area contributed by atoms with Crippen LogP contribution in [0, 0.1) is 0 Å². The third-order valence-electron chi connectivity index (χ3n) is 2.33. The summed E-state index contributed by atoms with van der Waals surface area (Å²) >= 11 is 0. The first-order chi connectivity index (χ1) is 8.61. The van der Waals surface area contributed by atoms with Crippen molar-refractivity contribution in [3.05, 3.63) is 35.4 Å². The van der Waals surface area contributed by atoms with Crippen LogP contribution in [-0.4, -0.2) is 30.6 Å². The Kier molecular flexibility index (Phi) is 5.87. The van der Waals surface area contributed by atoms with E-state index in [0.717, 1.165) is 11.1 Å². The number of hydrogen-bond donors (Lipinski definition) is 2. The average molecular weight is 251 g/mol. The number of rotatable bonds is 7. The second kappa shape index (κ2) is 7.45. The fourth-order valence-electron chi connectivity index (χ4n) is 1.55. The molecule has 0 saturated carbocycles. The predicted molar refractivity (Wildman–Crippen MR) is 66.1 cm³/mol. The monoisotopic (exact) mass is 251 g/mol. The van der Waals surface area contributed by atoms with Gasteiger partial charge < -0.3 is 15.2 Å². The molecule has 98 valence electrons. The van der Waals surface area contributed by atoms with Gasteiger partial charge in [-0.3, -0.25) is 9.59 Å². The smallest absolute Gasteiger partial charge is 0.305 e. The Labute approximate surface area is 106 Å². The lowest BCUT2D eigenvalue weighted by Crippen LogP contribution is -2.27. The van der Waals surface area contributed by atoms with Crippen molar-refractivity contribution in [2.75, 3.05) is 13.7 Å². The van der Waals surface area contributed by atoms with E-state index in [2.05, 4.69) is 5.32 Å². The number of methoxy groups -OCH3 is 1. The minimum absolute atomic E-state index is 0.0601. The van der Waals surface area contributed by atoms with Gasteiger partial charge in [-0.2, -0.15) is 0 Å². The lowest BCUT2D eigenvalue weighted by molar-refractivity contribution is -0.136. The molecule has 5 heteroatoms. The molecule has 0 atom stereocenters. The van der Waals surface area contributed by atoms with Crippen LogP contribution < -0.4 is 5.32 Å². The van der Waals surface area contributed by atoms with E-state index in [1.807, 2.05) is 24.3 Å². The normalized spacial score (nSPS) is 10.1. The summed E-state index contributed by atoms with van der Waals surface area (Å²) in [6.07, 6.45) is 0.187. The molecule has 1 aromatic carbocycles. The van der Waals surface area contributed by atoms with Crippen molar-refractivity contribution in [3.63, 3.8) is 0 Å². The van der Waals surface area contributed by atoms with Crippen LogP contribution >= 0.6 is 0 Å². The van der Waals surface area contributed by atoms with Gasteiger partial charge in [0.2, 0.25) is 5.91 Å². The van der Waals surface area contributed by atoms with Crippen LogP contribution in [-0.2, 0) is 27.4 Å². The van der Waals surface area contributed by atoms with Crippen LogP contribution in [0.4, 0.5) is 0 Å². The summed E-state index contributed by atoms with van der Waals surface area (Å²) in [5, 5.41) is 11.0. The van der Waals surface area contributed by atoms with Gasteiger partial charge in [-0.25, -0.2) is 0 Å². The maximum absolute atomic E-state index is 11.5. The molecule has 0 fully saturated rings. The molecule has 0 aliphatic rings. The molecule has 0 unspecified atom stereocenters. The van der Waals surface area contributed by atoms with E-state index >= 15 is 0 Å². The maximum Gasteiger partial charge on any atom is 0.305 e. The first-order valence-corrected chi connectivity index (χ1v) is 5.67. The summed E-state index contributed by atoms with van der Waals surface area (Å²) in [7, 11) is 1.62. The topological polar surface area (TPSA) is 75.6 Å². The number of carbonyl (C=O) groups excluding carboxylic acids is 1. The zero-order valence-electron chi connectivity index (χ0n) is 10.3. The zero-order valence-corrected chi connectivity index (χ0v) is 10.3. The second-order valence-electron chi connectivity index (χ2n) is 3.92. The summed E-state index contributed by atoms with van der Waals surface area (Å²) in [5.41, 5.74) is 1.89. The highest BCUT2D eigenvalue weighted by Gasteiger charge is 2.05. The molecule has 0 spiro atoms. The second-order valence-corrected chi connectivity index (χ2v) is 3.92. The van der Waals surface area contributed by atoms with Gasteiger partial charge in [0, 0.05) is 13.7 Å². The van der Waals surface area contributed by atoms with Gasteiger partial charge in [0.25, 0.3) is 0 Å². The van der Waals surface area contributed by atoms with Crippen LogP contribution in [0.1, 0.15) is 17.5 Å². The van der Waals surface area contributed by atoms with E-state index in [-0.39, 0.29) is 25.3 Å². The molecule has 2 N–H and O–H groups in total. The molecular formula is C13H17NO4. The van der Waals surface area contributed by atoms with Crippen molar-refractivity contribution in [2.24, 2.45) is 0 Å². The third-order valence-corrected chi connectivity index (χ3v) is 2.33. The molecule has 1 aromatic rings. The van der Waals surface area contributed by atoms with Crippen molar-refractivity contribution >= 4 is 11.9 Å². The molecule has 0 bridgehead atoms. The van der Waals surface area contributed by atoms with E-state index in [0.29, 0.717) is 6.61 Å². The van der Waals surface area contributed by atoms with Gasteiger partial charge >= 0.3 is 5.97 Å². The zero-order chi connectivity index (χ0) is 13.4. The van der Waals surface area contributed by atoms with E-state index < -0.39 is 5.97 Å². The molecule has 18 heavy (non-hydrogen) atoms. The van der Waals surface area contributed by atoms with E-state index in [1.165, 1.54) is 0 Å².